The lowest BCUT2D eigenvalue weighted by molar-refractivity contribution is 0.292. The Hall–Kier alpha value is -1.87. The predicted octanol–water partition coefficient (Wildman–Crippen LogP) is 3.07. The van der Waals surface area contributed by atoms with E-state index < -0.39 is 0 Å². The molecule has 19 heavy (non-hydrogen) atoms. The topological polar surface area (TPSA) is 48.1 Å². The molecule has 3 nitrogen and oxygen atoms in total. The van der Waals surface area contributed by atoms with Crippen molar-refractivity contribution in [1.82, 2.24) is 4.98 Å². The van der Waals surface area contributed by atoms with Gasteiger partial charge in [0.25, 0.3) is 0 Å². The molecule has 3 heteroatoms. The lowest BCUT2D eigenvalue weighted by Gasteiger charge is -2.09. The highest BCUT2D eigenvalue weighted by Crippen LogP contribution is 2.15. The average molecular weight is 256 g/mol. The van der Waals surface area contributed by atoms with Crippen molar-refractivity contribution in [1.29, 1.82) is 0 Å². The van der Waals surface area contributed by atoms with Crippen LogP contribution in [0.1, 0.15) is 30.2 Å². The number of aryl methyl sites for hydroxylation is 1. The molecule has 1 aromatic carbocycles. The van der Waals surface area contributed by atoms with Crippen LogP contribution in [0.4, 0.5) is 0 Å². The van der Waals surface area contributed by atoms with Gasteiger partial charge in [-0.2, -0.15) is 0 Å². The molecule has 0 aliphatic carbocycles. The molecule has 0 atom stereocenters. The molecule has 0 spiro atoms. The summed E-state index contributed by atoms with van der Waals surface area (Å²) in [6.45, 7) is 3.19. The van der Waals surface area contributed by atoms with Gasteiger partial charge in [0.1, 0.15) is 6.61 Å². The third kappa shape index (κ3) is 4.07. The molecule has 1 aromatic heterocycles. The van der Waals surface area contributed by atoms with Gasteiger partial charge < -0.3 is 10.5 Å². The van der Waals surface area contributed by atoms with E-state index in [-0.39, 0.29) is 0 Å². The molecule has 0 unspecified atom stereocenters. The van der Waals surface area contributed by atoms with Gasteiger partial charge >= 0.3 is 0 Å². The van der Waals surface area contributed by atoms with Crippen molar-refractivity contribution < 1.29 is 4.74 Å². The predicted molar refractivity (Wildman–Crippen MR) is 76.9 cm³/mol. The van der Waals surface area contributed by atoms with Crippen LogP contribution in [0.2, 0.25) is 0 Å². The summed E-state index contributed by atoms with van der Waals surface area (Å²) in [7, 11) is 0. The fourth-order valence-electron chi connectivity index (χ4n) is 1.93. The van der Waals surface area contributed by atoms with Gasteiger partial charge in [-0.15, -0.1) is 0 Å². The average Bonchev–Trinajstić information content (AvgIpc) is 2.46. The standard InChI is InChI=1S/C16H20N2O/c1-2-6-15-9-14(11-17)10-16(18-15)19-12-13-7-4-3-5-8-13/h3-5,7-10H,2,6,11-12,17H2,1H3. The number of rotatable bonds is 6. The minimum absolute atomic E-state index is 0.515. The summed E-state index contributed by atoms with van der Waals surface area (Å²) in [6.07, 6.45) is 2.02. The maximum Gasteiger partial charge on any atom is 0.214 e. The molecule has 2 N–H and O–H groups in total. The van der Waals surface area contributed by atoms with Crippen molar-refractivity contribution in [2.24, 2.45) is 5.73 Å². The zero-order chi connectivity index (χ0) is 13.5. The Morgan fingerprint density at radius 1 is 1.11 bits per heavy atom. The number of hydrogen-bond donors (Lipinski definition) is 1. The molecule has 0 saturated heterocycles. The van der Waals surface area contributed by atoms with E-state index >= 15 is 0 Å². The minimum Gasteiger partial charge on any atom is -0.473 e. The first kappa shape index (κ1) is 13.6. The van der Waals surface area contributed by atoms with Gasteiger partial charge in [0.05, 0.1) is 0 Å². The van der Waals surface area contributed by atoms with Crippen molar-refractivity contribution in [2.75, 3.05) is 0 Å². The summed E-state index contributed by atoms with van der Waals surface area (Å²) in [4.78, 5) is 4.51. The summed E-state index contributed by atoms with van der Waals surface area (Å²) in [5.74, 6) is 0.662. The molecule has 0 aliphatic heterocycles. The van der Waals surface area contributed by atoms with Crippen molar-refractivity contribution in [3.8, 4) is 5.88 Å². The van der Waals surface area contributed by atoms with Crippen LogP contribution >= 0.6 is 0 Å². The Labute approximate surface area is 114 Å². The number of nitrogens with two attached hydrogens (primary N) is 1. The second-order valence-corrected chi connectivity index (χ2v) is 4.53. The second kappa shape index (κ2) is 6.90. The van der Waals surface area contributed by atoms with Crippen LogP contribution in [-0.2, 0) is 19.6 Å². The Bertz CT molecular complexity index is 511. The van der Waals surface area contributed by atoms with Gasteiger partial charge in [-0.25, -0.2) is 4.98 Å². The van der Waals surface area contributed by atoms with Crippen LogP contribution in [0.5, 0.6) is 5.88 Å². The first-order valence-corrected chi connectivity index (χ1v) is 6.68. The highest BCUT2D eigenvalue weighted by atomic mass is 16.5. The van der Waals surface area contributed by atoms with E-state index in [1.165, 1.54) is 0 Å². The first-order valence-electron chi connectivity index (χ1n) is 6.68. The summed E-state index contributed by atoms with van der Waals surface area (Å²) in [6, 6.07) is 14.1. The number of ether oxygens (including phenoxy) is 1. The monoisotopic (exact) mass is 256 g/mol. The lowest BCUT2D eigenvalue weighted by atomic mass is 10.1. The number of aromatic nitrogens is 1. The third-order valence-corrected chi connectivity index (χ3v) is 2.89. The maximum absolute atomic E-state index is 5.75. The van der Waals surface area contributed by atoms with Crippen molar-refractivity contribution in [3.63, 3.8) is 0 Å². The van der Waals surface area contributed by atoms with Crippen LogP contribution in [-0.4, -0.2) is 4.98 Å². The van der Waals surface area contributed by atoms with Gasteiger partial charge in [0, 0.05) is 18.3 Å². The van der Waals surface area contributed by atoms with Gasteiger partial charge in [0.15, 0.2) is 0 Å². The fourth-order valence-corrected chi connectivity index (χ4v) is 1.93. The summed E-state index contributed by atoms with van der Waals surface area (Å²) in [5.41, 5.74) is 8.97. The SMILES string of the molecule is CCCc1cc(CN)cc(OCc2ccccc2)n1. The Morgan fingerprint density at radius 2 is 1.89 bits per heavy atom. The highest BCUT2D eigenvalue weighted by molar-refractivity contribution is 5.25. The quantitative estimate of drug-likeness (QED) is 0.864. The van der Waals surface area contributed by atoms with Crippen molar-refractivity contribution in [3.05, 3.63) is 59.3 Å². The molecule has 1 heterocycles. The van der Waals surface area contributed by atoms with E-state index in [0.717, 1.165) is 29.7 Å². The second-order valence-electron chi connectivity index (χ2n) is 4.53. The van der Waals surface area contributed by atoms with E-state index in [1.54, 1.807) is 0 Å². The molecular weight excluding hydrogens is 236 g/mol. The first-order chi connectivity index (χ1) is 9.31. The molecular formula is C16H20N2O. The zero-order valence-corrected chi connectivity index (χ0v) is 11.3. The van der Waals surface area contributed by atoms with Gasteiger partial charge in [-0.1, -0.05) is 43.7 Å². The number of nitrogens with zero attached hydrogens (tertiary/aromatic N) is 1. The molecule has 2 aromatic rings. The lowest BCUT2D eigenvalue weighted by Crippen LogP contribution is -2.03. The Kier molecular flexibility index (Phi) is 4.93. The molecule has 0 aliphatic rings. The van der Waals surface area contributed by atoms with Crippen LogP contribution < -0.4 is 10.5 Å². The molecule has 0 radical (unpaired) electrons. The fraction of sp³-hybridized carbons (Fsp3) is 0.312. The number of benzene rings is 1. The van der Waals surface area contributed by atoms with Crippen LogP contribution in [0.25, 0.3) is 0 Å². The molecule has 0 saturated carbocycles. The Morgan fingerprint density at radius 3 is 2.58 bits per heavy atom. The van der Waals surface area contributed by atoms with Crippen LogP contribution in [0.15, 0.2) is 42.5 Å². The largest absolute Gasteiger partial charge is 0.473 e. The molecule has 0 amide bonds. The molecule has 2 rings (SSSR count). The van der Waals surface area contributed by atoms with Crippen LogP contribution in [0.3, 0.4) is 0 Å². The third-order valence-electron chi connectivity index (χ3n) is 2.89. The van der Waals surface area contributed by atoms with E-state index in [9.17, 15) is 0 Å². The zero-order valence-electron chi connectivity index (χ0n) is 11.3. The van der Waals surface area contributed by atoms with E-state index in [2.05, 4.69) is 18.0 Å². The normalized spacial score (nSPS) is 10.4. The summed E-state index contributed by atoms with van der Waals surface area (Å²) in [5, 5.41) is 0. The maximum atomic E-state index is 5.75. The smallest absolute Gasteiger partial charge is 0.214 e. The molecule has 0 fully saturated rings. The summed E-state index contributed by atoms with van der Waals surface area (Å²) >= 11 is 0. The van der Waals surface area contributed by atoms with E-state index in [4.69, 9.17) is 10.5 Å². The van der Waals surface area contributed by atoms with E-state index in [0.29, 0.717) is 19.0 Å². The number of pyridine rings is 1. The summed E-state index contributed by atoms with van der Waals surface area (Å²) < 4.78 is 5.75. The molecule has 100 valence electrons. The van der Waals surface area contributed by atoms with Crippen molar-refractivity contribution >= 4 is 0 Å². The van der Waals surface area contributed by atoms with Gasteiger partial charge in [0.2, 0.25) is 5.88 Å². The molecule has 0 bridgehead atoms. The minimum atomic E-state index is 0.515. The van der Waals surface area contributed by atoms with Gasteiger partial charge in [-0.05, 0) is 23.6 Å². The number of hydrogen-bond acceptors (Lipinski definition) is 3. The van der Waals surface area contributed by atoms with Crippen molar-refractivity contribution in [2.45, 2.75) is 32.9 Å². The van der Waals surface area contributed by atoms with E-state index in [1.807, 2.05) is 36.4 Å². The highest BCUT2D eigenvalue weighted by Gasteiger charge is 2.03. The van der Waals surface area contributed by atoms with Gasteiger partial charge in [-0.3, -0.25) is 0 Å². The van der Waals surface area contributed by atoms with Crippen LogP contribution in [0, 0.1) is 0 Å². The Balaban J connectivity index is 2.08.